The lowest BCUT2D eigenvalue weighted by Gasteiger charge is -2.19. The van der Waals surface area contributed by atoms with E-state index in [1.54, 1.807) is 12.1 Å². The van der Waals surface area contributed by atoms with E-state index in [-0.39, 0.29) is 18.5 Å². The third kappa shape index (κ3) is 3.51. The van der Waals surface area contributed by atoms with Crippen molar-refractivity contribution in [2.75, 3.05) is 26.2 Å². The second-order valence-corrected chi connectivity index (χ2v) is 5.08. The summed E-state index contributed by atoms with van der Waals surface area (Å²) in [6.07, 6.45) is 1.94. The Balaban J connectivity index is 1.78. The zero-order valence-electron chi connectivity index (χ0n) is 10.6. The van der Waals surface area contributed by atoms with Crippen molar-refractivity contribution < 1.29 is 9.50 Å². The lowest BCUT2D eigenvalue weighted by Crippen LogP contribution is -2.26. The van der Waals surface area contributed by atoms with Gasteiger partial charge in [0.05, 0.1) is 0 Å². The van der Waals surface area contributed by atoms with Crippen LogP contribution in [-0.4, -0.2) is 36.2 Å². The summed E-state index contributed by atoms with van der Waals surface area (Å²) in [7, 11) is 0. The number of hydrogen-bond acceptors (Lipinski definition) is 3. The van der Waals surface area contributed by atoms with Gasteiger partial charge in [-0.05, 0) is 49.5 Å². The summed E-state index contributed by atoms with van der Waals surface area (Å²) in [6.45, 7) is 3.23. The number of rotatable bonds is 5. The van der Waals surface area contributed by atoms with Gasteiger partial charge in [0.15, 0.2) is 0 Å². The minimum atomic E-state index is -0.226. The van der Waals surface area contributed by atoms with E-state index in [2.05, 4.69) is 4.90 Å². The first kappa shape index (κ1) is 13.5. The molecule has 0 amide bonds. The van der Waals surface area contributed by atoms with Gasteiger partial charge in [-0.2, -0.15) is 0 Å². The van der Waals surface area contributed by atoms with Crippen LogP contribution in [0.1, 0.15) is 24.4 Å². The van der Waals surface area contributed by atoms with Crippen molar-refractivity contribution in [3.8, 4) is 0 Å². The van der Waals surface area contributed by atoms with Gasteiger partial charge in [0.2, 0.25) is 0 Å². The lowest BCUT2D eigenvalue weighted by molar-refractivity contribution is 0.220. The zero-order chi connectivity index (χ0) is 13.0. The quantitative estimate of drug-likeness (QED) is 0.835. The standard InChI is InChI=1S/C14H21FN2O/c15-13-3-1-12(2-4-13)14(16)6-8-17-7-5-11(9-17)10-18/h1-4,11,14,18H,5-10,16H2. The molecule has 0 aliphatic carbocycles. The zero-order valence-corrected chi connectivity index (χ0v) is 10.6. The molecular weight excluding hydrogens is 231 g/mol. The largest absolute Gasteiger partial charge is 0.396 e. The van der Waals surface area contributed by atoms with Crippen LogP contribution in [-0.2, 0) is 0 Å². The highest BCUT2D eigenvalue weighted by Crippen LogP contribution is 2.19. The van der Waals surface area contributed by atoms with Gasteiger partial charge >= 0.3 is 0 Å². The molecule has 1 fully saturated rings. The molecule has 100 valence electrons. The first-order valence-corrected chi connectivity index (χ1v) is 6.53. The van der Waals surface area contributed by atoms with Crippen LogP contribution in [0.4, 0.5) is 4.39 Å². The lowest BCUT2D eigenvalue weighted by atomic mass is 10.0. The number of benzene rings is 1. The van der Waals surface area contributed by atoms with Gasteiger partial charge in [0, 0.05) is 19.2 Å². The second-order valence-electron chi connectivity index (χ2n) is 5.08. The average molecular weight is 252 g/mol. The molecule has 3 N–H and O–H groups in total. The van der Waals surface area contributed by atoms with Crippen LogP contribution < -0.4 is 5.73 Å². The maximum atomic E-state index is 12.8. The van der Waals surface area contributed by atoms with Crippen molar-refractivity contribution in [1.29, 1.82) is 0 Å². The van der Waals surface area contributed by atoms with E-state index in [0.29, 0.717) is 5.92 Å². The molecule has 0 radical (unpaired) electrons. The van der Waals surface area contributed by atoms with Gasteiger partial charge < -0.3 is 15.7 Å². The molecule has 1 aromatic rings. The molecule has 1 aromatic carbocycles. The molecule has 2 atom stereocenters. The maximum Gasteiger partial charge on any atom is 0.123 e. The van der Waals surface area contributed by atoms with Crippen LogP contribution >= 0.6 is 0 Å². The number of aliphatic hydroxyl groups is 1. The summed E-state index contributed by atoms with van der Waals surface area (Å²) in [5.74, 6) is 0.198. The van der Waals surface area contributed by atoms with Gasteiger partial charge in [-0.1, -0.05) is 12.1 Å². The number of halogens is 1. The van der Waals surface area contributed by atoms with Crippen molar-refractivity contribution in [3.05, 3.63) is 35.6 Å². The van der Waals surface area contributed by atoms with E-state index in [1.165, 1.54) is 12.1 Å². The molecule has 3 nitrogen and oxygen atoms in total. The Labute approximate surface area is 107 Å². The fraction of sp³-hybridized carbons (Fsp3) is 0.571. The fourth-order valence-corrected chi connectivity index (χ4v) is 2.46. The number of nitrogens with zero attached hydrogens (tertiary/aromatic N) is 1. The minimum Gasteiger partial charge on any atom is -0.396 e. The molecule has 4 heteroatoms. The molecule has 1 saturated heterocycles. The summed E-state index contributed by atoms with van der Waals surface area (Å²) >= 11 is 0. The molecule has 18 heavy (non-hydrogen) atoms. The van der Waals surface area contributed by atoms with Gasteiger partial charge in [-0.3, -0.25) is 0 Å². The molecule has 0 spiro atoms. The Morgan fingerprint density at radius 2 is 2.11 bits per heavy atom. The predicted molar refractivity (Wildman–Crippen MR) is 69.6 cm³/mol. The van der Waals surface area contributed by atoms with Crippen molar-refractivity contribution in [3.63, 3.8) is 0 Å². The van der Waals surface area contributed by atoms with E-state index < -0.39 is 0 Å². The SMILES string of the molecule is NC(CCN1CCC(CO)C1)c1ccc(F)cc1. The van der Waals surface area contributed by atoms with Crippen LogP contribution in [0, 0.1) is 11.7 Å². The Bertz CT molecular complexity index is 369. The van der Waals surface area contributed by atoms with E-state index in [1.807, 2.05) is 0 Å². The van der Waals surface area contributed by atoms with Crippen LogP contribution in [0.5, 0.6) is 0 Å². The Morgan fingerprint density at radius 3 is 2.72 bits per heavy atom. The number of nitrogens with two attached hydrogens (primary N) is 1. The van der Waals surface area contributed by atoms with Crippen LogP contribution in [0.25, 0.3) is 0 Å². The summed E-state index contributed by atoms with van der Waals surface area (Å²) in [4.78, 5) is 2.34. The molecule has 1 aliphatic heterocycles. The second kappa shape index (κ2) is 6.27. The molecule has 1 aliphatic rings. The third-order valence-corrected chi connectivity index (χ3v) is 3.68. The summed E-state index contributed by atoms with van der Waals surface area (Å²) in [5.41, 5.74) is 7.07. The highest BCUT2D eigenvalue weighted by molar-refractivity contribution is 5.19. The number of aliphatic hydroxyl groups excluding tert-OH is 1. The van der Waals surface area contributed by atoms with Crippen LogP contribution in [0.2, 0.25) is 0 Å². The van der Waals surface area contributed by atoms with Crippen molar-refractivity contribution >= 4 is 0 Å². The number of hydrogen-bond donors (Lipinski definition) is 2. The van der Waals surface area contributed by atoms with Gasteiger partial charge in [0.1, 0.15) is 5.82 Å². The Hall–Kier alpha value is -0.970. The monoisotopic (exact) mass is 252 g/mol. The van der Waals surface area contributed by atoms with Crippen LogP contribution in [0.15, 0.2) is 24.3 Å². The fourth-order valence-electron chi connectivity index (χ4n) is 2.46. The summed E-state index contributed by atoms with van der Waals surface area (Å²) in [6, 6.07) is 6.36. The number of likely N-dealkylation sites (tertiary alicyclic amines) is 1. The first-order chi connectivity index (χ1) is 8.69. The van der Waals surface area contributed by atoms with Crippen molar-refractivity contribution in [1.82, 2.24) is 4.90 Å². The minimum absolute atomic E-state index is 0.0428. The van der Waals surface area contributed by atoms with E-state index in [4.69, 9.17) is 10.8 Å². The van der Waals surface area contributed by atoms with Crippen LogP contribution in [0.3, 0.4) is 0 Å². The highest BCUT2D eigenvalue weighted by atomic mass is 19.1. The normalized spacial score (nSPS) is 22.3. The van der Waals surface area contributed by atoms with Gasteiger partial charge in [-0.15, -0.1) is 0 Å². The Morgan fingerprint density at radius 1 is 1.39 bits per heavy atom. The Kier molecular flexibility index (Phi) is 4.69. The predicted octanol–water partition coefficient (Wildman–Crippen LogP) is 1.53. The topological polar surface area (TPSA) is 49.5 Å². The van der Waals surface area contributed by atoms with Crippen molar-refractivity contribution in [2.45, 2.75) is 18.9 Å². The summed E-state index contributed by atoms with van der Waals surface area (Å²) in [5, 5.41) is 9.08. The molecule has 0 bridgehead atoms. The molecule has 2 unspecified atom stereocenters. The molecule has 0 saturated carbocycles. The maximum absolute atomic E-state index is 12.8. The van der Waals surface area contributed by atoms with E-state index >= 15 is 0 Å². The first-order valence-electron chi connectivity index (χ1n) is 6.53. The highest BCUT2D eigenvalue weighted by Gasteiger charge is 2.21. The smallest absolute Gasteiger partial charge is 0.123 e. The molecule has 1 heterocycles. The molecule has 2 rings (SSSR count). The molecular formula is C14H21FN2O. The summed E-state index contributed by atoms with van der Waals surface area (Å²) < 4.78 is 12.8. The van der Waals surface area contributed by atoms with E-state index in [9.17, 15) is 4.39 Å². The van der Waals surface area contributed by atoms with E-state index in [0.717, 1.165) is 38.0 Å². The van der Waals surface area contributed by atoms with Gasteiger partial charge in [0.25, 0.3) is 0 Å². The van der Waals surface area contributed by atoms with Crippen molar-refractivity contribution in [2.24, 2.45) is 11.7 Å². The van der Waals surface area contributed by atoms with Gasteiger partial charge in [-0.25, -0.2) is 4.39 Å². The molecule has 0 aromatic heterocycles. The average Bonchev–Trinajstić information content (AvgIpc) is 2.85. The third-order valence-electron chi connectivity index (χ3n) is 3.68.